The van der Waals surface area contributed by atoms with E-state index in [4.69, 9.17) is 25.5 Å². The third-order valence-corrected chi connectivity index (χ3v) is 7.63. The number of fused-ring (bicyclic) bond motifs is 1. The van der Waals surface area contributed by atoms with Crippen LogP contribution in [0.3, 0.4) is 0 Å². The van der Waals surface area contributed by atoms with Crippen molar-refractivity contribution in [2.45, 2.75) is 18.4 Å². The number of likely N-dealkylation sites (tertiary alicyclic amines) is 1. The molecular formula is C23H23ClINO5. The van der Waals surface area contributed by atoms with Crippen LogP contribution in [-0.2, 0) is 0 Å². The maximum Gasteiger partial charge on any atom is 0.197 e. The fourth-order valence-corrected chi connectivity index (χ4v) is 5.13. The largest absolute Gasteiger partial charge is 0.496 e. The fraction of sp³-hybridized carbons (Fsp3) is 0.348. The molecule has 0 spiro atoms. The molecule has 2 heterocycles. The highest BCUT2D eigenvalue weighted by Crippen LogP contribution is 2.45. The van der Waals surface area contributed by atoms with Gasteiger partial charge in [0.1, 0.15) is 28.2 Å². The van der Waals surface area contributed by atoms with Gasteiger partial charge in [0.25, 0.3) is 0 Å². The predicted molar refractivity (Wildman–Crippen MR) is 130 cm³/mol. The van der Waals surface area contributed by atoms with Crippen LogP contribution in [0.25, 0.3) is 22.3 Å². The number of aliphatic hydroxyl groups excluding tert-OH is 1. The van der Waals surface area contributed by atoms with E-state index in [2.05, 4.69) is 27.5 Å². The van der Waals surface area contributed by atoms with Crippen molar-refractivity contribution in [1.29, 1.82) is 0 Å². The van der Waals surface area contributed by atoms with Gasteiger partial charge in [-0.15, -0.1) is 0 Å². The molecule has 3 aromatic rings. The topological polar surface area (TPSA) is 72.1 Å². The smallest absolute Gasteiger partial charge is 0.197 e. The van der Waals surface area contributed by atoms with E-state index in [0.717, 1.165) is 22.1 Å². The molecule has 1 N–H and O–H groups in total. The van der Waals surface area contributed by atoms with Crippen molar-refractivity contribution in [2.24, 2.45) is 0 Å². The molecule has 1 saturated heterocycles. The summed E-state index contributed by atoms with van der Waals surface area (Å²) in [6.45, 7) is 0.809. The lowest BCUT2D eigenvalue weighted by molar-refractivity contribution is 0.171. The van der Waals surface area contributed by atoms with Gasteiger partial charge in [-0.25, -0.2) is 0 Å². The van der Waals surface area contributed by atoms with Crippen LogP contribution in [-0.4, -0.2) is 50.5 Å². The summed E-state index contributed by atoms with van der Waals surface area (Å²) >= 11 is 8.67. The van der Waals surface area contributed by atoms with Gasteiger partial charge in [0.2, 0.25) is 0 Å². The summed E-state index contributed by atoms with van der Waals surface area (Å²) in [4.78, 5) is 15.4. The summed E-state index contributed by atoms with van der Waals surface area (Å²) in [5, 5.41) is 10.9. The lowest BCUT2D eigenvalue weighted by Crippen LogP contribution is -2.32. The van der Waals surface area contributed by atoms with E-state index in [1.165, 1.54) is 13.2 Å². The molecule has 0 radical (unpaired) electrons. The third kappa shape index (κ3) is 3.82. The van der Waals surface area contributed by atoms with Gasteiger partial charge in [0.15, 0.2) is 5.43 Å². The molecule has 31 heavy (non-hydrogen) atoms. The number of hydrogen-bond acceptors (Lipinski definition) is 6. The number of halogens is 2. The molecule has 8 heteroatoms. The summed E-state index contributed by atoms with van der Waals surface area (Å²) in [5.41, 5.74) is 1.59. The minimum Gasteiger partial charge on any atom is -0.496 e. The Balaban J connectivity index is 2.07. The van der Waals surface area contributed by atoms with Gasteiger partial charge in [0.05, 0.1) is 25.8 Å². The van der Waals surface area contributed by atoms with Gasteiger partial charge in [-0.3, -0.25) is 4.79 Å². The molecule has 6 nitrogen and oxygen atoms in total. The average molecular weight is 556 g/mol. The van der Waals surface area contributed by atoms with Gasteiger partial charge in [0, 0.05) is 38.8 Å². The molecule has 0 bridgehead atoms. The molecule has 1 fully saturated rings. The van der Waals surface area contributed by atoms with E-state index < -0.39 is 0 Å². The van der Waals surface area contributed by atoms with Gasteiger partial charge >= 0.3 is 0 Å². The first-order chi connectivity index (χ1) is 14.9. The monoisotopic (exact) mass is 555 g/mol. The molecule has 0 saturated carbocycles. The third-order valence-electron chi connectivity index (χ3n) is 6.00. The first-order valence-electron chi connectivity index (χ1n) is 9.89. The van der Waals surface area contributed by atoms with Crippen LogP contribution in [0.2, 0.25) is 5.02 Å². The number of likely N-dealkylation sites (N-methyl/N-ethyl adjacent to an activating group) is 1. The first kappa shape index (κ1) is 22.4. The molecule has 4 rings (SSSR count). The number of methoxy groups -OCH3 is 2. The van der Waals surface area contributed by atoms with Crippen molar-refractivity contribution in [3.05, 3.63) is 54.7 Å². The molecule has 1 aliphatic heterocycles. The minimum atomic E-state index is -0.223. The standard InChI is InChI=1S/C23H23ClINO5/c1-26-8-7-12(15(26)11-27)20-18(29-2)10-19(30-3)21-16(28)9-17(31-23(20)21)13-5-4-6-14(25)22(13)24/h4-6,9-10,12,15,27H,7-8,11H2,1-3H3/t12-,15+/m0/s1. The number of nitrogens with zero attached hydrogens (tertiary/aromatic N) is 1. The zero-order valence-electron chi connectivity index (χ0n) is 17.4. The molecular weight excluding hydrogens is 533 g/mol. The van der Waals surface area contributed by atoms with Gasteiger partial charge in [-0.1, -0.05) is 17.7 Å². The molecule has 1 aromatic heterocycles. The molecule has 0 aliphatic carbocycles. The maximum absolute atomic E-state index is 13.2. The second-order valence-corrected chi connectivity index (χ2v) is 9.14. The average Bonchev–Trinajstić information content (AvgIpc) is 3.13. The van der Waals surface area contributed by atoms with Crippen molar-refractivity contribution in [3.8, 4) is 22.8 Å². The highest BCUT2D eigenvalue weighted by molar-refractivity contribution is 14.1. The van der Waals surface area contributed by atoms with E-state index in [0.29, 0.717) is 38.8 Å². The van der Waals surface area contributed by atoms with Gasteiger partial charge in [-0.2, -0.15) is 0 Å². The van der Waals surface area contributed by atoms with E-state index in [-0.39, 0.29) is 24.0 Å². The maximum atomic E-state index is 13.2. The van der Waals surface area contributed by atoms with Gasteiger partial charge < -0.3 is 23.9 Å². The second kappa shape index (κ2) is 8.97. The number of ether oxygens (including phenoxy) is 2. The summed E-state index contributed by atoms with van der Waals surface area (Å²) < 4.78 is 18.4. The molecule has 2 atom stereocenters. The molecule has 0 unspecified atom stereocenters. The first-order valence-corrected chi connectivity index (χ1v) is 11.3. The Morgan fingerprint density at radius 1 is 1.26 bits per heavy atom. The van der Waals surface area contributed by atoms with Crippen molar-refractivity contribution < 1.29 is 19.0 Å². The number of rotatable bonds is 5. The highest BCUT2D eigenvalue weighted by atomic mass is 127. The number of aliphatic hydroxyl groups is 1. The Morgan fingerprint density at radius 2 is 2.00 bits per heavy atom. The number of hydrogen-bond donors (Lipinski definition) is 1. The van der Waals surface area contributed by atoms with Crippen molar-refractivity contribution in [2.75, 3.05) is 34.4 Å². The van der Waals surface area contributed by atoms with Crippen LogP contribution >= 0.6 is 34.2 Å². The zero-order chi connectivity index (χ0) is 22.3. The van der Waals surface area contributed by atoms with E-state index in [1.54, 1.807) is 13.2 Å². The summed E-state index contributed by atoms with van der Waals surface area (Å²) in [7, 11) is 5.07. The van der Waals surface area contributed by atoms with Gasteiger partial charge in [-0.05, 0) is 54.7 Å². The van der Waals surface area contributed by atoms with Crippen molar-refractivity contribution in [3.63, 3.8) is 0 Å². The molecule has 0 amide bonds. The number of benzene rings is 2. The normalized spacial score (nSPS) is 19.2. The Labute approximate surface area is 198 Å². The fourth-order valence-electron chi connectivity index (χ4n) is 4.42. The molecule has 164 valence electrons. The van der Waals surface area contributed by atoms with Crippen LogP contribution in [0, 0.1) is 3.57 Å². The zero-order valence-corrected chi connectivity index (χ0v) is 20.4. The Morgan fingerprint density at radius 3 is 2.68 bits per heavy atom. The Hall–Kier alpha value is -1.81. The lowest BCUT2D eigenvalue weighted by atomic mass is 9.89. The minimum absolute atomic E-state index is 0.00945. The van der Waals surface area contributed by atoms with Crippen LogP contribution in [0.15, 0.2) is 39.5 Å². The van der Waals surface area contributed by atoms with E-state index >= 15 is 0 Å². The van der Waals surface area contributed by atoms with Crippen LogP contribution < -0.4 is 14.9 Å². The Kier molecular flexibility index (Phi) is 6.48. The quantitative estimate of drug-likeness (QED) is 0.467. The van der Waals surface area contributed by atoms with Crippen LogP contribution in [0.1, 0.15) is 17.9 Å². The van der Waals surface area contributed by atoms with Crippen LogP contribution in [0.5, 0.6) is 11.5 Å². The Bertz CT molecular complexity index is 1190. The summed E-state index contributed by atoms with van der Waals surface area (Å²) in [5.74, 6) is 1.27. The SMILES string of the molecule is COc1cc(OC)c2c(=O)cc(-c3cccc(I)c3Cl)oc2c1[C@H]1CCN(C)[C@@H]1CO. The molecule has 2 aromatic carbocycles. The van der Waals surface area contributed by atoms with Crippen molar-refractivity contribution in [1.82, 2.24) is 4.90 Å². The summed E-state index contributed by atoms with van der Waals surface area (Å²) in [6, 6.07) is 8.64. The highest BCUT2D eigenvalue weighted by Gasteiger charge is 2.37. The predicted octanol–water partition coefficient (Wildman–Crippen LogP) is 4.52. The van der Waals surface area contributed by atoms with E-state index in [1.807, 2.05) is 25.2 Å². The molecule has 1 aliphatic rings. The van der Waals surface area contributed by atoms with E-state index in [9.17, 15) is 9.90 Å². The summed E-state index contributed by atoms with van der Waals surface area (Å²) in [6.07, 6.45) is 0.803. The van der Waals surface area contributed by atoms with Crippen LogP contribution in [0.4, 0.5) is 0 Å². The van der Waals surface area contributed by atoms with Crippen molar-refractivity contribution >= 4 is 45.2 Å². The lowest BCUT2D eigenvalue weighted by Gasteiger charge is -2.25. The second-order valence-electron chi connectivity index (χ2n) is 7.60.